The number of hydrogen-bond acceptors (Lipinski definition) is 3. The number of methoxy groups -OCH3 is 1. The van der Waals surface area contributed by atoms with Crippen molar-refractivity contribution in [2.45, 2.75) is 23.5 Å². The third-order valence-corrected chi connectivity index (χ3v) is 2.40. The maximum Gasteiger partial charge on any atom is 0.347 e. The molecule has 0 amide bonds. The van der Waals surface area contributed by atoms with Gasteiger partial charge in [-0.3, -0.25) is 0 Å². The number of rotatable bonds is 2. The van der Waals surface area contributed by atoms with E-state index in [9.17, 15) is 4.79 Å². The highest BCUT2D eigenvalue weighted by Crippen LogP contribution is 2.40. The van der Waals surface area contributed by atoms with E-state index in [1.807, 2.05) is 0 Å². The van der Waals surface area contributed by atoms with Crippen LogP contribution < -0.4 is 0 Å². The number of carbonyl (C=O) groups is 1. The van der Waals surface area contributed by atoms with Gasteiger partial charge in [0.25, 0.3) is 4.33 Å². The van der Waals surface area contributed by atoms with Crippen molar-refractivity contribution in [1.29, 1.82) is 0 Å². The van der Waals surface area contributed by atoms with Gasteiger partial charge in [-0.25, -0.2) is 4.79 Å². The van der Waals surface area contributed by atoms with E-state index in [0.29, 0.717) is 0 Å². The summed E-state index contributed by atoms with van der Waals surface area (Å²) in [5.74, 6) is -0.602. The van der Waals surface area contributed by atoms with Crippen LogP contribution in [0.25, 0.3) is 0 Å². The van der Waals surface area contributed by atoms with E-state index in [0.717, 1.165) is 0 Å². The molecule has 64 valence electrons. The van der Waals surface area contributed by atoms with Gasteiger partial charge in [-0.05, 0) is 6.92 Å². The van der Waals surface area contributed by atoms with Crippen molar-refractivity contribution in [1.82, 2.24) is 0 Å². The molecule has 0 bridgehead atoms. The molecule has 1 saturated heterocycles. The fourth-order valence-electron chi connectivity index (χ4n) is 0.840. The van der Waals surface area contributed by atoms with E-state index in [4.69, 9.17) is 27.9 Å². The molecule has 2 atom stereocenters. The minimum absolute atomic E-state index is 0.275. The Morgan fingerprint density at radius 1 is 1.73 bits per heavy atom. The van der Waals surface area contributed by atoms with Crippen molar-refractivity contribution in [3.63, 3.8) is 0 Å². The molecule has 1 rings (SSSR count). The molecule has 3 nitrogen and oxygen atoms in total. The molecular formula is C6H8Cl2O3. The van der Waals surface area contributed by atoms with Crippen molar-refractivity contribution in [2.24, 2.45) is 0 Å². The van der Waals surface area contributed by atoms with Crippen LogP contribution in [0.4, 0.5) is 0 Å². The lowest BCUT2D eigenvalue weighted by molar-refractivity contribution is -0.184. The standard InChI is InChI=1S/C6H8Cl2O3/c1-3(10-2)4-6(7,8)5(9)11-4/h3-4H,1-2H3/t3-,4-/m0/s1. The molecule has 0 aromatic carbocycles. The Kier molecular flexibility index (Phi) is 2.32. The summed E-state index contributed by atoms with van der Waals surface area (Å²) in [5.41, 5.74) is 0. The summed E-state index contributed by atoms with van der Waals surface area (Å²) >= 11 is 11.2. The highest BCUT2D eigenvalue weighted by atomic mass is 35.5. The first-order valence-corrected chi connectivity index (χ1v) is 3.87. The SMILES string of the molecule is CO[C@@H](C)[C@@H]1OC(=O)C1(Cl)Cl. The second-order valence-electron chi connectivity index (χ2n) is 2.39. The number of hydrogen-bond donors (Lipinski definition) is 0. The first kappa shape index (κ1) is 9.10. The average molecular weight is 199 g/mol. The van der Waals surface area contributed by atoms with Crippen LogP contribution in [-0.4, -0.2) is 29.6 Å². The van der Waals surface area contributed by atoms with Gasteiger partial charge in [0.05, 0.1) is 6.10 Å². The molecule has 0 N–H and O–H groups in total. The minimum atomic E-state index is -1.42. The molecule has 1 aliphatic heterocycles. The summed E-state index contributed by atoms with van der Waals surface area (Å²) in [6.45, 7) is 1.73. The number of ether oxygens (including phenoxy) is 2. The Labute approximate surface area is 74.6 Å². The third-order valence-electron chi connectivity index (χ3n) is 1.66. The molecule has 0 saturated carbocycles. The smallest absolute Gasteiger partial charge is 0.347 e. The quantitative estimate of drug-likeness (QED) is 0.493. The summed E-state index contributed by atoms with van der Waals surface area (Å²) < 4.78 is 8.15. The van der Waals surface area contributed by atoms with Gasteiger partial charge in [0.15, 0.2) is 6.10 Å². The lowest BCUT2D eigenvalue weighted by atomic mass is 10.1. The Hall–Kier alpha value is 0.01000. The Bertz CT molecular complexity index is 181. The lowest BCUT2D eigenvalue weighted by Crippen LogP contribution is -2.59. The Morgan fingerprint density at radius 2 is 2.27 bits per heavy atom. The van der Waals surface area contributed by atoms with Crippen molar-refractivity contribution >= 4 is 29.2 Å². The molecule has 1 aliphatic rings. The zero-order valence-corrected chi connectivity index (χ0v) is 7.65. The fraction of sp³-hybridized carbons (Fsp3) is 0.833. The van der Waals surface area contributed by atoms with E-state index in [2.05, 4.69) is 4.74 Å². The van der Waals surface area contributed by atoms with E-state index in [1.54, 1.807) is 6.92 Å². The number of alkyl halides is 2. The fourth-order valence-corrected chi connectivity index (χ4v) is 1.37. The molecule has 0 unspecified atom stereocenters. The van der Waals surface area contributed by atoms with Crippen molar-refractivity contribution in [3.8, 4) is 0 Å². The van der Waals surface area contributed by atoms with Crippen LogP contribution in [-0.2, 0) is 14.3 Å². The number of carbonyl (C=O) groups excluding carboxylic acids is 1. The summed E-state index contributed by atoms with van der Waals surface area (Å²) in [5, 5.41) is 0. The van der Waals surface area contributed by atoms with Crippen molar-refractivity contribution in [2.75, 3.05) is 7.11 Å². The molecular weight excluding hydrogens is 191 g/mol. The Balaban J connectivity index is 2.59. The second kappa shape index (κ2) is 2.81. The van der Waals surface area contributed by atoms with Gasteiger partial charge < -0.3 is 9.47 Å². The van der Waals surface area contributed by atoms with Gasteiger partial charge in [0, 0.05) is 7.11 Å². The van der Waals surface area contributed by atoms with E-state index < -0.39 is 16.4 Å². The maximum absolute atomic E-state index is 10.6. The molecule has 11 heavy (non-hydrogen) atoms. The first-order valence-electron chi connectivity index (χ1n) is 3.12. The molecule has 0 spiro atoms. The zero-order valence-electron chi connectivity index (χ0n) is 6.14. The van der Waals surface area contributed by atoms with Crippen LogP contribution in [0, 0.1) is 0 Å². The summed E-state index contributed by atoms with van der Waals surface area (Å²) in [6.07, 6.45) is -0.828. The number of cyclic esters (lactones) is 1. The second-order valence-corrected chi connectivity index (χ2v) is 3.78. The van der Waals surface area contributed by atoms with E-state index in [-0.39, 0.29) is 6.10 Å². The van der Waals surface area contributed by atoms with Gasteiger partial charge in [0.2, 0.25) is 0 Å². The molecule has 1 heterocycles. The van der Waals surface area contributed by atoms with Crippen LogP contribution >= 0.6 is 23.2 Å². The number of halogens is 2. The van der Waals surface area contributed by atoms with Gasteiger partial charge in [-0.15, -0.1) is 0 Å². The highest BCUT2D eigenvalue weighted by molar-refractivity contribution is 6.59. The monoisotopic (exact) mass is 198 g/mol. The van der Waals surface area contributed by atoms with Crippen molar-refractivity contribution in [3.05, 3.63) is 0 Å². The summed E-state index contributed by atoms with van der Waals surface area (Å²) in [7, 11) is 1.50. The largest absolute Gasteiger partial charge is 0.453 e. The predicted octanol–water partition coefficient (Wildman–Crippen LogP) is 1.12. The zero-order chi connectivity index (χ0) is 8.65. The number of esters is 1. The Morgan fingerprint density at radius 3 is 2.55 bits per heavy atom. The van der Waals surface area contributed by atoms with Crippen LogP contribution in [0.2, 0.25) is 0 Å². The maximum atomic E-state index is 10.6. The van der Waals surface area contributed by atoms with Gasteiger partial charge in [-0.1, -0.05) is 23.2 Å². The summed E-state index contributed by atoms with van der Waals surface area (Å²) in [4.78, 5) is 10.6. The molecule has 0 aromatic heterocycles. The third kappa shape index (κ3) is 1.33. The van der Waals surface area contributed by atoms with Gasteiger partial charge >= 0.3 is 5.97 Å². The minimum Gasteiger partial charge on any atom is -0.453 e. The summed E-state index contributed by atoms with van der Waals surface area (Å²) in [6, 6.07) is 0. The van der Waals surface area contributed by atoms with Gasteiger partial charge in [0.1, 0.15) is 0 Å². The van der Waals surface area contributed by atoms with E-state index >= 15 is 0 Å². The lowest BCUT2D eigenvalue weighted by Gasteiger charge is -2.40. The molecule has 1 fully saturated rings. The van der Waals surface area contributed by atoms with Crippen LogP contribution in [0.1, 0.15) is 6.92 Å². The molecule has 0 radical (unpaired) electrons. The molecule has 0 aliphatic carbocycles. The highest BCUT2D eigenvalue weighted by Gasteiger charge is 2.58. The predicted molar refractivity (Wildman–Crippen MR) is 40.8 cm³/mol. The van der Waals surface area contributed by atoms with Gasteiger partial charge in [-0.2, -0.15) is 0 Å². The van der Waals surface area contributed by atoms with Crippen LogP contribution in [0.3, 0.4) is 0 Å². The average Bonchev–Trinajstić information content (AvgIpc) is 1.98. The molecule has 0 aromatic rings. The molecule has 5 heteroatoms. The van der Waals surface area contributed by atoms with Crippen LogP contribution in [0.5, 0.6) is 0 Å². The topological polar surface area (TPSA) is 35.5 Å². The normalized spacial score (nSPS) is 30.5. The van der Waals surface area contributed by atoms with Crippen molar-refractivity contribution < 1.29 is 14.3 Å². The van der Waals surface area contributed by atoms with E-state index in [1.165, 1.54) is 7.11 Å². The first-order chi connectivity index (χ1) is 5.00. The van der Waals surface area contributed by atoms with Crippen LogP contribution in [0.15, 0.2) is 0 Å².